The van der Waals surface area contributed by atoms with Crippen LogP contribution in [-0.4, -0.2) is 42.0 Å². The molecule has 6 heteroatoms. The van der Waals surface area contributed by atoms with E-state index < -0.39 is 0 Å². The van der Waals surface area contributed by atoms with E-state index in [0.29, 0.717) is 12.2 Å². The number of nitrogens with two attached hydrogens (primary N) is 1. The summed E-state index contributed by atoms with van der Waals surface area (Å²) in [5, 5.41) is 4.04. The number of rotatable bonds is 3. The molecule has 1 saturated heterocycles. The summed E-state index contributed by atoms with van der Waals surface area (Å²) in [6, 6.07) is 5.80. The molecule has 0 unspecified atom stereocenters. The van der Waals surface area contributed by atoms with Gasteiger partial charge in [-0.25, -0.2) is 4.98 Å². The third-order valence-electron chi connectivity index (χ3n) is 3.70. The fourth-order valence-corrected chi connectivity index (χ4v) is 3.15. The second-order valence-electron chi connectivity index (χ2n) is 5.12. The Morgan fingerprint density at radius 1 is 1.24 bits per heavy atom. The molecule has 0 aliphatic carbocycles. The Labute approximate surface area is 128 Å². The summed E-state index contributed by atoms with van der Waals surface area (Å²) in [6.07, 6.45) is 2.30. The second kappa shape index (κ2) is 6.13. The molecule has 0 bridgehead atoms. The highest BCUT2D eigenvalue weighted by Gasteiger charge is 2.21. The minimum Gasteiger partial charge on any atom is -0.384 e. The number of carbonyl (C=O) groups excluding carboxylic acids is 1. The molecule has 0 aromatic carbocycles. The molecule has 21 heavy (non-hydrogen) atoms. The highest BCUT2D eigenvalue weighted by Crippen LogP contribution is 2.17. The number of hydrogen-bond acceptors (Lipinski definition) is 5. The second-order valence-corrected chi connectivity index (χ2v) is 5.90. The van der Waals surface area contributed by atoms with Crippen molar-refractivity contribution < 1.29 is 4.79 Å². The van der Waals surface area contributed by atoms with Crippen LogP contribution in [0.4, 0.5) is 11.5 Å². The lowest BCUT2D eigenvalue weighted by Gasteiger charge is -2.36. The van der Waals surface area contributed by atoms with Gasteiger partial charge in [0.25, 0.3) is 0 Å². The maximum atomic E-state index is 12.2. The van der Waals surface area contributed by atoms with E-state index in [-0.39, 0.29) is 5.91 Å². The molecular formula is C15H18N4OS. The maximum Gasteiger partial charge on any atom is 0.227 e. The minimum absolute atomic E-state index is 0.212. The molecule has 0 saturated carbocycles. The Kier molecular flexibility index (Phi) is 4.06. The summed E-state index contributed by atoms with van der Waals surface area (Å²) in [5.41, 5.74) is 7.77. The van der Waals surface area contributed by atoms with Crippen molar-refractivity contribution in [3.05, 3.63) is 40.7 Å². The number of thiophene rings is 1. The summed E-state index contributed by atoms with van der Waals surface area (Å²) in [4.78, 5) is 20.5. The zero-order valence-electron chi connectivity index (χ0n) is 11.7. The summed E-state index contributed by atoms with van der Waals surface area (Å²) in [5.74, 6) is 0.742. The third kappa shape index (κ3) is 3.33. The SMILES string of the molecule is Nc1ccc(N2CCN(C(=O)Cc3ccsc3)CC2)cn1. The molecule has 3 rings (SSSR count). The molecular weight excluding hydrogens is 284 g/mol. The van der Waals surface area contributed by atoms with E-state index in [2.05, 4.69) is 9.88 Å². The van der Waals surface area contributed by atoms with Gasteiger partial charge in [-0.1, -0.05) is 0 Å². The van der Waals surface area contributed by atoms with Crippen molar-refractivity contribution >= 4 is 28.7 Å². The average molecular weight is 302 g/mol. The van der Waals surface area contributed by atoms with Crippen LogP contribution in [0.3, 0.4) is 0 Å². The van der Waals surface area contributed by atoms with Crippen LogP contribution in [0.1, 0.15) is 5.56 Å². The summed E-state index contributed by atoms with van der Waals surface area (Å²) in [6.45, 7) is 3.18. The number of pyridine rings is 1. The Morgan fingerprint density at radius 3 is 2.67 bits per heavy atom. The van der Waals surface area contributed by atoms with Crippen molar-refractivity contribution in [2.24, 2.45) is 0 Å². The molecule has 3 heterocycles. The first kappa shape index (κ1) is 13.9. The predicted molar refractivity (Wildman–Crippen MR) is 85.5 cm³/mol. The number of nitrogens with zero attached hydrogens (tertiary/aromatic N) is 3. The van der Waals surface area contributed by atoms with Crippen LogP contribution in [0.25, 0.3) is 0 Å². The van der Waals surface area contributed by atoms with E-state index in [4.69, 9.17) is 5.73 Å². The van der Waals surface area contributed by atoms with Crippen molar-refractivity contribution in [1.82, 2.24) is 9.88 Å². The molecule has 110 valence electrons. The molecule has 1 aliphatic rings. The molecule has 2 N–H and O–H groups in total. The summed E-state index contributed by atoms with van der Waals surface area (Å²) in [7, 11) is 0. The van der Waals surface area contributed by atoms with Crippen LogP contribution in [0.5, 0.6) is 0 Å². The highest BCUT2D eigenvalue weighted by atomic mass is 32.1. The highest BCUT2D eigenvalue weighted by molar-refractivity contribution is 7.07. The Hall–Kier alpha value is -2.08. The smallest absolute Gasteiger partial charge is 0.227 e. The van der Waals surface area contributed by atoms with Crippen LogP contribution in [0.2, 0.25) is 0 Å². The number of piperazine rings is 1. The fraction of sp³-hybridized carbons (Fsp3) is 0.333. The average Bonchev–Trinajstić information content (AvgIpc) is 3.01. The van der Waals surface area contributed by atoms with Gasteiger partial charge in [0.15, 0.2) is 0 Å². The quantitative estimate of drug-likeness (QED) is 0.936. The van der Waals surface area contributed by atoms with Gasteiger partial charge in [0.05, 0.1) is 18.3 Å². The normalized spacial score (nSPS) is 15.2. The predicted octanol–water partition coefficient (Wildman–Crippen LogP) is 1.62. The lowest BCUT2D eigenvalue weighted by molar-refractivity contribution is -0.130. The maximum absolute atomic E-state index is 12.2. The molecule has 2 aromatic heterocycles. The number of carbonyl (C=O) groups is 1. The minimum atomic E-state index is 0.212. The van der Waals surface area contributed by atoms with Gasteiger partial charge < -0.3 is 15.5 Å². The summed E-state index contributed by atoms with van der Waals surface area (Å²) < 4.78 is 0. The molecule has 0 atom stereocenters. The largest absolute Gasteiger partial charge is 0.384 e. The first-order valence-corrected chi connectivity index (χ1v) is 7.92. The molecule has 1 fully saturated rings. The first-order valence-electron chi connectivity index (χ1n) is 6.98. The third-order valence-corrected chi connectivity index (χ3v) is 4.44. The first-order chi connectivity index (χ1) is 10.2. The van der Waals surface area contributed by atoms with Gasteiger partial charge in [-0.3, -0.25) is 4.79 Å². The number of nitrogen functional groups attached to an aromatic ring is 1. The zero-order valence-corrected chi connectivity index (χ0v) is 12.6. The molecule has 0 spiro atoms. The Balaban J connectivity index is 1.55. The summed E-state index contributed by atoms with van der Waals surface area (Å²) >= 11 is 1.63. The molecule has 2 aromatic rings. The lowest BCUT2D eigenvalue weighted by Crippen LogP contribution is -2.49. The fourth-order valence-electron chi connectivity index (χ4n) is 2.48. The zero-order chi connectivity index (χ0) is 14.7. The topological polar surface area (TPSA) is 62.5 Å². The van der Waals surface area contributed by atoms with E-state index in [1.165, 1.54) is 0 Å². The van der Waals surface area contributed by atoms with Crippen LogP contribution in [-0.2, 0) is 11.2 Å². The number of anilines is 2. The van der Waals surface area contributed by atoms with Gasteiger partial charge in [0.2, 0.25) is 5.91 Å². The van der Waals surface area contributed by atoms with E-state index >= 15 is 0 Å². The van der Waals surface area contributed by atoms with Gasteiger partial charge in [-0.05, 0) is 34.5 Å². The van der Waals surface area contributed by atoms with Gasteiger partial charge in [-0.15, -0.1) is 0 Å². The van der Waals surface area contributed by atoms with Gasteiger partial charge in [0.1, 0.15) is 5.82 Å². The van der Waals surface area contributed by atoms with Gasteiger partial charge in [-0.2, -0.15) is 11.3 Å². The Bertz CT molecular complexity index is 589. The van der Waals surface area contributed by atoms with Crippen LogP contribution < -0.4 is 10.6 Å². The number of aromatic nitrogens is 1. The van der Waals surface area contributed by atoms with Crippen molar-refractivity contribution in [1.29, 1.82) is 0 Å². The van der Waals surface area contributed by atoms with E-state index in [0.717, 1.165) is 37.4 Å². The standard InChI is InChI=1S/C15H18N4OS/c16-14-2-1-13(10-17-14)18-4-6-19(7-5-18)15(20)9-12-3-8-21-11-12/h1-3,8,10-11H,4-7,9H2,(H2,16,17). The molecule has 5 nitrogen and oxygen atoms in total. The van der Waals surface area contributed by atoms with E-state index in [1.54, 1.807) is 17.5 Å². The molecule has 1 amide bonds. The van der Waals surface area contributed by atoms with Crippen molar-refractivity contribution in [3.8, 4) is 0 Å². The van der Waals surface area contributed by atoms with Crippen molar-refractivity contribution in [2.75, 3.05) is 36.8 Å². The van der Waals surface area contributed by atoms with E-state index in [1.807, 2.05) is 33.9 Å². The monoisotopic (exact) mass is 302 g/mol. The van der Waals surface area contributed by atoms with Crippen molar-refractivity contribution in [3.63, 3.8) is 0 Å². The number of hydrogen-bond donors (Lipinski definition) is 1. The van der Waals surface area contributed by atoms with Crippen molar-refractivity contribution in [2.45, 2.75) is 6.42 Å². The molecule has 0 radical (unpaired) electrons. The number of amides is 1. The van der Waals surface area contributed by atoms with E-state index in [9.17, 15) is 4.79 Å². The lowest BCUT2D eigenvalue weighted by atomic mass is 10.2. The van der Waals surface area contributed by atoms with Gasteiger partial charge >= 0.3 is 0 Å². The Morgan fingerprint density at radius 2 is 2.05 bits per heavy atom. The molecule has 1 aliphatic heterocycles. The van der Waals surface area contributed by atoms with Gasteiger partial charge in [0, 0.05) is 26.2 Å². The van der Waals surface area contributed by atoms with Crippen LogP contribution in [0.15, 0.2) is 35.2 Å². The van der Waals surface area contributed by atoms with Crippen LogP contribution in [0, 0.1) is 0 Å². The van der Waals surface area contributed by atoms with Crippen LogP contribution >= 0.6 is 11.3 Å².